The Labute approximate surface area is 164 Å². The lowest BCUT2D eigenvalue weighted by atomic mass is 10.1. The molecule has 28 heavy (non-hydrogen) atoms. The maximum atomic E-state index is 12.9. The van der Waals surface area contributed by atoms with Gasteiger partial charge in [0.25, 0.3) is 5.91 Å². The molecule has 2 N–H and O–H groups in total. The van der Waals surface area contributed by atoms with Gasteiger partial charge in [-0.3, -0.25) is 9.59 Å². The van der Waals surface area contributed by atoms with Crippen molar-refractivity contribution in [2.45, 2.75) is 19.4 Å². The van der Waals surface area contributed by atoms with Crippen LogP contribution >= 0.6 is 11.3 Å². The van der Waals surface area contributed by atoms with Gasteiger partial charge in [0.05, 0.1) is 17.8 Å². The minimum Gasteiger partial charge on any atom is -0.479 e. The van der Waals surface area contributed by atoms with E-state index in [9.17, 15) is 14.0 Å². The minimum absolute atomic E-state index is 0.135. The van der Waals surface area contributed by atoms with Gasteiger partial charge in [0.1, 0.15) is 11.6 Å². The Balaban J connectivity index is 1.46. The Kier molecular flexibility index (Phi) is 4.79. The maximum Gasteiger partial charge on any atom is 0.265 e. The normalized spacial score (nSPS) is 15.4. The van der Waals surface area contributed by atoms with Crippen LogP contribution < -0.4 is 15.4 Å². The zero-order valence-corrected chi connectivity index (χ0v) is 15.7. The zero-order chi connectivity index (χ0) is 19.7. The van der Waals surface area contributed by atoms with Gasteiger partial charge >= 0.3 is 0 Å². The Morgan fingerprint density at radius 3 is 2.86 bits per heavy atom. The second kappa shape index (κ2) is 7.40. The molecule has 0 spiro atoms. The third-order valence-corrected chi connectivity index (χ3v) is 4.99. The summed E-state index contributed by atoms with van der Waals surface area (Å²) in [5.41, 5.74) is 2.79. The summed E-state index contributed by atoms with van der Waals surface area (Å²) in [6, 6.07) is 11.2. The highest BCUT2D eigenvalue weighted by molar-refractivity contribution is 7.14. The predicted octanol–water partition coefficient (Wildman–Crippen LogP) is 3.85. The van der Waals surface area contributed by atoms with Crippen LogP contribution in [0.25, 0.3) is 11.3 Å². The summed E-state index contributed by atoms with van der Waals surface area (Å²) in [5.74, 6) is -0.155. The van der Waals surface area contributed by atoms with Crippen LogP contribution in [0, 0.1) is 5.82 Å². The summed E-state index contributed by atoms with van der Waals surface area (Å²) < 4.78 is 18.5. The number of halogens is 1. The van der Waals surface area contributed by atoms with Gasteiger partial charge in [-0.25, -0.2) is 9.37 Å². The first kappa shape index (κ1) is 18.1. The average molecular weight is 397 g/mol. The van der Waals surface area contributed by atoms with Crippen LogP contribution in [0.1, 0.15) is 12.5 Å². The highest BCUT2D eigenvalue weighted by atomic mass is 32.1. The Bertz CT molecular complexity index is 1050. The van der Waals surface area contributed by atoms with E-state index in [4.69, 9.17) is 4.74 Å². The third kappa shape index (κ3) is 3.86. The van der Waals surface area contributed by atoms with Crippen molar-refractivity contribution in [1.82, 2.24) is 4.98 Å². The molecule has 1 aliphatic heterocycles. The van der Waals surface area contributed by atoms with Crippen molar-refractivity contribution < 1.29 is 18.7 Å². The van der Waals surface area contributed by atoms with Crippen LogP contribution in [0.15, 0.2) is 47.8 Å². The molecular formula is C20H16FN3O3S. The largest absolute Gasteiger partial charge is 0.479 e. The minimum atomic E-state index is -0.527. The standard InChI is InChI=1S/C20H16FN3O3S/c1-11-19(26)22-15-9-13(4-7-17(15)27-11)16-10-28-20(23-16)24-18(25)8-12-2-5-14(21)6-3-12/h2-7,9-11H,8H2,1H3,(H,22,26)(H,23,24,25). The molecule has 1 atom stereocenters. The highest BCUT2D eigenvalue weighted by Gasteiger charge is 2.23. The van der Waals surface area contributed by atoms with E-state index < -0.39 is 6.10 Å². The smallest absolute Gasteiger partial charge is 0.265 e. The summed E-state index contributed by atoms with van der Waals surface area (Å²) >= 11 is 1.30. The molecule has 0 saturated carbocycles. The van der Waals surface area contributed by atoms with Crippen LogP contribution in [-0.2, 0) is 16.0 Å². The molecule has 2 amide bonds. The zero-order valence-electron chi connectivity index (χ0n) is 14.9. The molecule has 2 aromatic carbocycles. The number of amides is 2. The van der Waals surface area contributed by atoms with Gasteiger partial charge < -0.3 is 15.4 Å². The van der Waals surface area contributed by atoms with Crippen LogP contribution in [0.2, 0.25) is 0 Å². The van der Waals surface area contributed by atoms with Crippen molar-refractivity contribution in [2.75, 3.05) is 10.6 Å². The van der Waals surface area contributed by atoms with Crippen LogP contribution in [0.3, 0.4) is 0 Å². The first-order chi connectivity index (χ1) is 13.5. The molecule has 8 heteroatoms. The predicted molar refractivity (Wildman–Crippen MR) is 105 cm³/mol. The van der Waals surface area contributed by atoms with Crippen molar-refractivity contribution in [2.24, 2.45) is 0 Å². The number of ether oxygens (including phenoxy) is 1. The molecule has 1 unspecified atom stereocenters. The number of nitrogens with zero attached hydrogens (tertiary/aromatic N) is 1. The number of thiazole rings is 1. The van der Waals surface area contributed by atoms with Crippen molar-refractivity contribution >= 4 is 34.0 Å². The number of carbonyl (C=O) groups is 2. The molecule has 0 bridgehead atoms. The van der Waals surface area contributed by atoms with Gasteiger partial charge in [-0.05, 0) is 42.8 Å². The first-order valence-corrected chi connectivity index (χ1v) is 9.47. The van der Waals surface area contributed by atoms with Gasteiger partial charge in [0.15, 0.2) is 11.2 Å². The molecule has 6 nitrogen and oxygen atoms in total. The second-order valence-electron chi connectivity index (χ2n) is 6.35. The van der Waals surface area contributed by atoms with E-state index in [1.165, 1.54) is 23.5 Å². The van der Waals surface area contributed by atoms with E-state index in [0.717, 1.165) is 11.1 Å². The lowest BCUT2D eigenvalue weighted by molar-refractivity contribution is -0.122. The Hall–Kier alpha value is -3.26. The lowest BCUT2D eigenvalue weighted by Gasteiger charge is -2.23. The van der Waals surface area contributed by atoms with Crippen LogP contribution in [0.4, 0.5) is 15.2 Å². The number of anilines is 2. The maximum absolute atomic E-state index is 12.9. The van der Waals surface area contributed by atoms with Gasteiger partial charge in [-0.1, -0.05) is 12.1 Å². The third-order valence-electron chi connectivity index (χ3n) is 4.23. The number of hydrogen-bond donors (Lipinski definition) is 2. The number of hydrogen-bond acceptors (Lipinski definition) is 5. The number of aromatic nitrogens is 1. The van der Waals surface area contributed by atoms with Crippen molar-refractivity contribution in [1.29, 1.82) is 0 Å². The van der Waals surface area contributed by atoms with E-state index in [-0.39, 0.29) is 24.1 Å². The van der Waals surface area contributed by atoms with Gasteiger partial charge in [0.2, 0.25) is 5.91 Å². The van der Waals surface area contributed by atoms with Crippen molar-refractivity contribution in [3.63, 3.8) is 0 Å². The molecule has 0 saturated heterocycles. The molecule has 1 aromatic heterocycles. The summed E-state index contributed by atoms with van der Waals surface area (Å²) in [5, 5.41) is 7.85. The van der Waals surface area contributed by atoms with Crippen LogP contribution in [0.5, 0.6) is 5.75 Å². The van der Waals surface area contributed by atoms with E-state index in [2.05, 4.69) is 15.6 Å². The Morgan fingerprint density at radius 2 is 2.07 bits per heavy atom. The molecule has 0 aliphatic carbocycles. The fourth-order valence-corrected chi connectivity index (χ4v) is 3.52. The lowest BCUT2D eigenvalue weighted by Crippen LogP contribution is -2.34. The average Bonchev–Trinajstić information content (AvgIpc) is 3.12. The molecular weight excluding hydrogens is 381 g/mol. The molecule has 4 rings (SSSR count). The van der Waals surface area contributed by atoms with Gasteiger partial charge in [-0.2, -0.15) is 0 Å². The van der Waals surface area contributed by atoms with Crippen molar-refractivity contribution in [3.8, 4) is 17.0 Å². The topological polar surface area (TPSA) is 80.3 Å². The molecule has 0 fully saturated rings. The fourth-order valence-electron chi connectivity index (χ4n) is 2.78. The highest BCUT2D eigenvalue weighted by Crippen LogP contribution is 2.34. The van der Waals surface area contributed by atoms with Crippen molar-refractivity contribution in [3.05, 3.63) is 59.2 Å². The first-order valence-electron chi connectivity index (χ1n) is 8.60. The second-order valence-corrected chi connectivity index (χ2v) is 7.21. The molecule has 0 radical (unpaired) electrons. The summed E-state index contributed by atoms with van der Waals surface area (Å²) in [7, 11) is 0. The fraction of sp³-hybridized carbons (Fsp3) is 0.150. The number of rotatable bonds is 4. The summed E-state index contributed by atoms with van der Waals surface area (Å²) in [6.07, 6.45) is -0.393. The molecule has 142 valence electrons. The van der Waals surface area contributed by atoms with E-state index >= 15 is 0 Å². The number of fused-ring (bicyclic) bond motifs is 1. The van der Waals surface area contributed by atoms with Gasteiger partial charge in [-0.15, -0.1) is 11.3 Å². The SMILES string of the molecule is CC1Oc2ccc(-c3csc(NC(=O)Cc4ccc(F)cc4)n3)cc2NC1=O. The number of nitrogens with one attached hydrogen (secondary N) is 2. The molecule has 3 aromatic rings. The Morgan fingerprint density at radius 1 is 1.29 bits per heavy atom. The molecule has 2 heterocycles. The van der Waals surface area contributed by atoms with E-state index in [1.807, 2.05) is 11.4 Å². The van der Waals surface area contributed by atoms with Gasteiger partial charge in [0, 0.05) is 10.9 Å². The summed E-state index contributed by atoms with van der Waals surface area (Å²) in [6.45, 7) is 1.69. The van der Waals surface area contributed by atoms with Crippen LogP contribution in [-0.4, -0.2) is 22.9 Å². The monoisotopic (exact) mass is 397 g/mol. The number of benzene rings is 2. The molecule has 1 aliphatic rings. The summed E-state index contributed by atoms with van der Waals surface area (Å²) in [4.78, 5) is 28.4. The van der Waals surface area contributed by atoms with E-state index in [0.29, 0.717) is 22.3 Å². The number of carbonyl (C=O) groups excluding carboxylic acids is 2. The quantitative estimate of drug-likeness (QED) is 0.701. The van der Waals surface area contributed by atoms with E-state index in [1.54, 1.807) is 31.2 Å².